The summed E-state index contributed by atoms with van der Waals surface area (Å²) in [5, 5.41) is 20.4. The summed E-state index contributed by atoms with van der Waals surface area (Å²) in [6.45, 7) is 0. The highest BCUT2D eigenvalue weighted by molar-refractivity contribution is 14.1. The second kappa shape index (κ2) is 5.77. The molecule has 7 heteroatoms. The predicted molar refractivity (Wildman–Crippen MR) is 69.1 cm³/mol. The van der Waals surface area contributed by atoms with E-state index < -0.39 is 5.82 Å². The molecule has 16 heavy (non-hydrogen) atoms. The van der Waals surface area contributed by atoms with Gasteiger partial charge in [0.2, 0.25) is 5.71 Å². The highest BCUT2D eigenvalue weighted by Crippen LogP contribution is 2.26. The summed E-state index contributed by atoms with van der Waals surface area (Å²) in [5.74, 6) is -0.406. The van der Waals surface area contributed by atoms with Crippen molar-refractivity contribution in [2.45, 2.75) is 0 Å². The summed E-state index contributed by atoms with van der Waals surface area (Å²) in [6, 6.07) is 5.95. The summed E-state index contributed by atoms with van der Waals surface area (Å²) < 4.78 is 14.3. The third kappa shape index (κ3) is 3.15. The van der Waals surface area contributed by atoms with Crippen molar-refractivity contribution in [2.24, 2.45) is 5.10 Å². The standard InChI is InChI=1S/C9H3BrFIN4/c10-6-1-8(12)7(11)2-9(6)16-15-5(3-13)4-14/h1-2,16H. The Kier molecular flexibility index (Phi) is 4.65. The van der Waals surface area contributed by atoms with Crippen LogP contribution in [0.1, 0.15) is 0 Å². The highest BCUT2D eigenvalue weighted by Gasteiger charge is 2.06. The van der Waals surface area contributed by atoms with Crippen molar-refractivity contribution in [3.8, 4) is 12.1 Å². The molecular weight excluding hydrogens is 390 g/mol. The number of hydrazone groups is 1. The van der Waals surface area contributed by atoms with Gasteiger partial charge in [-0.05, 0) is 44.6 Å². The molecule has 0 radical (unpaired) electrons. The topological polar surface area (TPSA) is 72.0 Å². The molecular formula is C9H3BrFIN4. The van der Waals surface area contributed by atoms with Crippen molar-refractivity contribution in [3.05, 3.63) is 26.0 Å². The molecule has 0 unspecified atom stereocenters. The van der Waals surface area contributed by atoms with Crippen LogP contribution in [0.5, 0.6) is 0 Å². The van der Waals surface area contributed by atoms with Crippen LogP contribution in [0.15, 0.2) is 21.7 Å². The van der Waals surface area contributed by atoms with Crippen LogP contribution < -0.4 is 5.43 Å². The first-order valence-electron chi connectivity index (χ1n) is 3.87. The van der Waals surface area contributed by atoms with E-state index in [2.05, 4.69) is 26.5 Å². The molecule has 0 bridgehead atoms. The molecule has 0 saturated carbocycles. The van der Waals surface area contributed by atoms with Crippen molar-refractivity contribution in [3.63, 3.8) is 0 Å². The zero-order chi connectivity index (χ0) is 12.1. The minimum atomic E-state index is -0.406. The lowest BCUT2D eigenvalue weighted by molar-refractivity contribution is 0.620. The van der Waals surface area contributed by atoms with E-state index in [9.17, 15) is 4.39 Å². The molecule has 80 valence electrons. The maximum atomic E-state index is 13.2. The number of benzene rings is 1. The largest absolute Gasteiger partial charge is 0.275 e. The van der Waals surface area contributed by atoms with Gasteiger partial charge in [-0.15, -0.1) is 0 Å². The fraction of sp³-hybridized carbons (Fsp3) is 0. The summed E-state index contributed by atoms with van der Waals surface area (Å²) in [5.41, 5.74) is 2.46. The second-order valence-electron chi connectivity index (χ2n) is 2.54. The quantitative estimate of drug-likeness (QED) is 0.364. The summed E-state index contributed by atoms with van der Waals surface area (Å²) in [7, 11) is 0. The Balaban J connectivity index is 3.01. The van der Waals surface area contributed by atoms with Crippen LogP contribution in [0.2, 0.25) is 0 Å². The summed E-state index contributed by atoms with van der Waals surface area (Å²) >= 11 is 5.06. The number of nitriles is 2. The van der Waals surface area contributed by atoms with Crippen molar-refractivity contribution in [2.75, 3.05) is 5.43 Å². The minimum absolute atomic E-state index is 0.328. The maximum Gasteiger partial charge on any atom is 0.237 e. The molecule has 0 aliphatic rings. The van der Waals surface area contributed by atoms with E-state index in [1.54, 1.807) is 18.2 Å². The van der Waals surface area contributed by atoms with Gasteiger partial charge in [-0.1, -0.05) is 0 Å². The van der Waals surface area contributed by atoms with E-state index in [0.29, 0.717) is 13.7 Å². The first kappa shape index (κ1) is 12.9. The molecule has 0 amide bonds. The van der Waals surface area contributed by atoms with Gasteiger partial charge in [0.05, 0.1) is 9.26 Å². The maximum absolute atomic E-state index is 13.2. The van der Waals surface area contributed by atoms with Crippen molar-refractivity contribution in [1.82, 2.24) is 0 Å². The van der Waals surface area contributed by atoms with Crippen LogP contribution in [0.4, 0.5) is 10.1 Å². The summed E-state index contributed by atoms with van der Waals surface area (Å²) in [6.07, 6.45) is 0. The van der Waals surface area contributed by atoms with E-state index in [1.807, 2.05) is 22.6 Å². The number of halogens is 3. The molecule has 1 aromatic carbocycles. The monoisotopic (exact) mass is 392 g/mol. The van der Waals surface area contributed by atoms with Gasteiger partial charge in [-0.3, -0.25) is 5.43 Å². The minimum Gasteiger partial charge on any atom is -0.275 e. The van der Waals surface area contributed by atoms with E-state index in [4.69, 9.17) is 10.5 Å². The summed E-state index contributed by atoms with van der Waals surface area (Å²) in [4.78, 5) is 0. The van der Waals surface area contributed by atoms with Crippen LogP contribution in [-0.2, 0) is 0 Å². The van der Waals surface area contributed by atoms with Crippen LogP contribution in [0.25, 0.3) is 0 Å². The van der Waals surface area contributed by atoms with Crippen LogP contribution in [0, 0.1) is 32.0 Å². The molecule has 0 aliphatic carbocycles. The molecule has 1 N–H and O–H groups in total. The lowest BCUT2D eigenvalue weighted by atomic mass is 10.3. The number of nitrogens with zero attached hydrogens (tertiary/aromatic N) is 3. The molecule has 0 heterocycles. The van der Waals surface area contributed by atoms with Crippen molar-refractivity contribution >= 4 is 49.9 Å². The van der Waals surface area contributed by atoms with Gasteiger partial charge in [-0.25, -0.2) is 4.39 Å². The highest BCUT2D eigenvalue weighted by atomic mass is 127. The van der Waals surface area contributed by atoms with Crippen LogP contribution in [-0.4, -0.2) is 5.71 Å². The smallest absolute Gasteiger partial charge is 0.237 e. The van der Waals surface area contributed by atoms with E-state index in [1.165, 1.54) is 6.07 Å². The number of rotatable bonds is 2. The number of hydrogen-bond acceptors (Lipinski definition) is 4. The molecule has 0 aliphatic heterocycles. The van der Waals surface area contributed by atoms with Gasteiger partial charge < -0.3 is 0 Å². The van der Waals surface area contributed by atoms with Crippen molar-refractivity contribution in [1.29, 1.82) is 10.5 Å². The first-order chi connectivity index (χ1) is 7.58. The lowest BCUT2D eigenvalue weighted by Gasteiger charge is -2.04. The number of hydrogen-bond donors (Lipinski definition) is 1. The third-order valence-electron chi connectivity index (χ3n) is 1.51. The third-order valence-corrected chi connectivity index (χ3v) is 2.99. The normalized spacial score (nSPS) is 8.81. The molecule has 1 aromatic rings. The Morgan fingerprint density at radius 3 is 2.62 bits per heavy atom. The zero-order valence-electron chi connectivity index (χ0n) is 7.63. The molecule has 0 spiro atoms. The van der Waals surface area contributed by atoms with Crippen LogP contribution >= 0.6 is 38.5 Å². The molecule has 0 fully saturated rings. The Morgan fingerprint density at radius 2 is 2.06 bits per heavy atom. The molecule has 0 saturated heterocycles. The Bertz CT molecular complexity index is 514. The van der Waals surface area contributed by atoms with Crippen molar-refractivity contribution < 1.29 is 4.39 Å². The molecule has 0 atom stereocenters. The number of anilines is 1. The van der Waals surface area contributed by atoms with Gasteiger partial charge in [0.15, 0.2) is 0 Å². The fourth-order valence-electron chi connectivity index (χ4n) is 0.799. The molecule has 0 aromatic heterocycles. The van der Waals surface area contributed by atoms with Gasteiger partial charge in [0.25, 0.3) is 0 Å². The Labute approximate surface area is 113 Å². The Hall–Kier alpha value is -1.19. The predicted octanol–water partition coefficient (Wildman–Crippen LogP) is 3.01. The van der Waals surface area contributed by atoms with Gasteiger partial charge in [0.1, 0.15) is 18.0 Å². The van der Waals surface area contributed by atoms with E-state index >= 15 is 0 Å². The van der Waals surface area contributed by atoms with E-state index in [0.717, 1.165) is 0 Å². The van der Waals surface area contributed by atoms with Gasteiger partial charge in [-0.2, -0.15) is 15.6 Å². The molecule has 4 nitrogen and oxygen atoms in total. The lowest BCUT2D eigenvalue weighted by Crippen LogP contribution is -1.98. The van der Waals surface area contributed by atoms with E-state index in [-0.39, 0.29) is 5.71 Å². The zero-order valence-corrected chi connectivity index (χ0v) is 11.4. The average Bonchev–Trinajstić information content (AvgIpc) is 2.26. The van der Waals surface area contributed by atoms with Gasteiger partial charge >= 0.3 is 0 Å². The fourth-order valence-corrected chi connectivity index (χ4v) is 2.13. The van der Waals surface area contributed by atoms with Crippen LogP contribution in [0.3, 0.4) is 0 Å². The van der Waals surface area contributed by atoms with Gasteiger partial charge in [0, 0.05) is 10.5 Å². The number of nitrogens with one attached hydrogen (secondary N) is 1. The SMILES string of the molecule is N#CC(C#N)=NNc1cc(F)c(I)cc1Br. The molecule has 1 rings (SSSR count). The average molecular weight is 393 g/mol. The first-order valence-corrected chi connectivity index (χ1v) is 5.74. The Morgan fingerprint density at radius 1 is 1.44 bits per heavy atom. The second-order valence-corrected chi connectivity index (χ2v) is 4.56.